The van der Waals surface area contributed by atoms with Crippen molar-refractivity contribution in [2.75, 3.05) is 11.5 Å². The summed E-state index contributed by atoms with van der Waals surface area (Å²) < 4.78 is 11.5. The van der Waals surface area contributed by atoms with Crippen molar-refractivity contribution < 1.29 is 19.1 Å². The second-order valence-electron chi connectivity index (χ2n) is 7.89. The summed E-state index contributed by atoms with van der Waals surface area (Å²) in [5.41, 5.74) is 2.73. The van der Waals surface area contributed by atoms with Crippen LogP contribution in [0.15, 0.2) is 58.0 Å². The Labute approximate surface area is 189 Å². The lowest BCUT2D eigenvalue weighted by Gasteiger charge is -2.23. The highest BCUT2D eigenvalue weighted by Gasteiger charge is 2.45. The van der Waals surface area contributed by atoms with E-state index in [1.54, 1.807) is 37.3 Å². The topological polar surface area (TPSA) is 106 Å². The van der Waals surface area contributed by atoms with E-state index in [2.05, 4.69) is 9.97 Å². The van der Waals surface area contributed by atoms with E-state index in [-0.39, 0.29) is 34.2 Å². The number of nitrogens with zero attached hydrogens (tertiary/aromatic N) is 3. The summed E-state index contributed by atoms with van der Waals surface area (Å²) in [6.07, 6.45) is 3.05. The van der Waals surface area contributed by atoms with Gasteiger partial charge in [-0.1, -0.05) is 6.07 Å². The van der Waals surface area contributed by atoms with Crippen molar-refractivity contribution >= 4 is 22.8 Å². The lowest BCUT2D eigenvalue weighted by molar-refractivity contribution is 0.0969. The Hall–Kier alpha value is -4.20. The SMILES string of the molecule is CCOc1cc(C2c3c(oc4cc(C)c(C)cc4c3=O)C(=O)N2c2ncccn2)ccc1O. The molecule has 0 aliphatic carbocycles. The maximum Gasteiger partial charge on any atom is 0.297 e. The van der Waals surface area contributed by atoms with Gasteiger partial charge < -0.3 is 14.3 Å². The van der Waals surface area contributed by atoms with Gasteiger partial charge in [-0.25, -0.2) is 9.97 Å². The van der Waals surface area contributed by atoms with Crippen LogP contribution in [0.2, 0.25) is 0 Å². The van der Waals surface area contributed by atoms with Gasteiger partial charge in [0.25, 0.3) is 5.91 Å². The molecule has 0 saturated carbocycles. The number of anilines is 1. The number of benzene rings is 2. The Morgan fingerprint density at radius 1 is 1.09 bits per heavy atom. The van der Waals surface area contributed by atoms with Gasteiger partial charge in [0.1, 0.15) is 5.58 Å². The summed E-state index contributed by atoms with van der Waals surface area (Å²) in [6, 6.07) is 9.08. The molecule has 166 valence electrons. The molecule has 0 spiro atoms. The van der Waals surface area contributed by atoms with Gasteiger partial charge >= 0.3 is 0 Å². The second kappa shape index (κ2) is 7.74. The smallest absolute Gasteiger partial charge is 0.297 e. The van der Waals surface area contributed by atoms with E-state index in [0.717, 1.165) is 11.1 Å². The van der Waals surface area contributed by atoms with Gasteiger partial charge in [0.15, 0.2) is 16.9 Å². The normalized spacial score (nSPS) is 15.2. The first kappa shape index (κ1) is 20.7. The summed E-state index contributed by atoms with van der Waals surface area (Å²) in [5, 5.41) is 10.6. The molecule has 3 heterocycles. The van der Waals surface area contributed by atoms with Crippen LogP contribution in [0.4, 0.5) is 5.95 Å². The molecule has 0 saturated heterocycles. The third kappa shape index (κ3) is 3.22. The molecule has 1 atom stereocenters. The highest BCUT2D eigenvalue weighted by Crippen LogP contribution is 2.42. The largest absolute Gasteiger partial charge is 0.504 e. The lowest BCUT2D eigenvalue weighted by atomic mass is 9.97. The molecule has 2 aromatic heterocycles. The molecular formula is C25H21N3O5. The van der Waals surface area contributed by atoms with E-state index in [1.807, 2.05) is 13.8 Å². The Bertz CT molecular complexity index is 1460. The molecule has 1 aliphatic rings. The van der Waals surface area contributed by atoms with Gasteiger partial charge in [0.05, 0.1) is 23.6 Å². The van der Waals surface area contributed by atoms with Crippen LogP contribution >= 0.6 is 0 Å². The summed E-state index contributed by atoms with van der Waals surface area (Å²) in [7, 11) is 0. The first-order valence-corrected chi connectivity index (χ1v) is 10.5. The van der Waals surface area contributed by atoms with Crippen molar-refractivity contribution in [1.29, 1.82) is 0 Å². The quantitative estimate of drug-likeness (QED) is 0.507. The molecule has 0 fully saturated rings. The first-order valence-electron chi connectivity index (χ1n) is 10.5. The predicted molar refractivity (Wildman–Crippen MR) is 122 cm³/mol. The molecule has 8 nitrogen and oxygen atoms in total. The van der Waals surface area contributed by atoms with Crippen LogP contribution in [0.5, 0.6) is 11.5 Å². The van der Waals surface area contributed by atoms with Crippen LogP contribution in [0.25, 0.3) is 11.0 Å². The molecule has 4 aromatic rings. The number of phenols is 1. The van der Waals surface area contributed by atoms with Gasteiger partial charge in [-0.2, -0.15) is 0 Å². The number of fused-ring (bicyclic) bond motifs is 2. The fraction of sp³-hybridized carbons (Fsp3) is 0.200. The minimum Gasteiger partial charge on any atom is -0.504 e. The molecule has 33 heavy (non-hydrogen) atoms. The van der Waals surface area contributed by atoms with Crippen LogP contribution in [0.1, 0.15) is 45.8 Å². The molecule has 2 aromatic carbocycles. The molecule has 1 unspecified atom stereocenters. The van der Waals surface area contributed by atoms with E-state index in [1.165, 1.54) is 23.4 Å². The third-order valence-corrected chi connectivity index (χ3v) is 5.85. The number of aromatic hydroxyl groups is 1. The Morgan fingerprint density at radius 3 is 2.55 bits per heavy atom. The molecule has 1 aliphatic heterocycles. The molecule has 5 rings (SSSR count). The Balaban J connectivity index is 1.81. The molecule has 0 bridgehead atoms. The zero-order chi connectivity index (χ0) is 23.3. The van der Waals surface area contributed by atoms with Crippen molar-refractivity contribution in [3.63, 3.8) is 0 Å². The molecule has 8 heteroatoms. The van der Waals surface area contributed by atoms with Crippen LogP contribution in [0.3, 0.4) is 0 Å². The number of carbonyl (C=O) groups excluding carboxylic acids is 1. The van der Waals surface area contributed by atoms with Gasteiger partial charge in [0, 0.05) is 12.4 Å². The van der Waals surface area contributed by atoms with E-state index < -0.39 is 11.9 Å². The number of aromatic nitrogens is 2. The average molecular weight is 443 g/mol. The fourth-order valence-corrected chi connectivity index (χ4v) is 4.14. The summed E-state index contributed by atoms with van der Waals surface area (Å²) in [4.78, 5) is 37.1. The number of carbonyl (C=O) groups is 1. The molecule has 1 amide bonds. The maximum absolute atomic E-state index is 13.7. The number of hydrogen-bond acceptors (Lipinski definition) is 7. The standard InChI is InChI=1S/C25H21N3O5/c1-4-32-19-12-15(6-7-17(19)29)21-20-22(30)16-10-13(2)14(3)11-18(16)33-23(20)24(31)28(21)25-26-8-5-9-27-25/h5-12,21,29H,4H2,1-3H3. The van der Waals surface area contributed by atoms with Crippen LogP contribution < -0.4 is 15.1 Å². The third-order valence-electron chi connectivity index (χ3n) is 5.85. The summed E-state index contributed by atoms with van der Waals surface area (Å²) in [5.74, 6) is -0.199. The van der Waals surface area contributed by atoms with Gasteiger partial charge in [-0.15, -0.1) is 0 Å². The summed E-state index contributed by atoms with van der Waals surface area (Å²) >= 11 is 0. The fourth-order valence-electron chi connectivity index (χ4n) is 4.14. The van der Waals surface area contributed by atoms with Crippen LogP contribution in [0, 0.1) is 13.8 Å². The minimum absolute atomic E-state index is 0.0377. The van der Waals surface area contributed by atoms with Crippen molar-refractivity contribution in [3.8, 4) is 11.5 Å². The van der Waals surface area contributed by atoms with Crippen LogP contribution in [-0.2, 0) is 0 Å². The van der Waals surface area contributed by atoms with Crippen molar-refractivity contribution in [3.05, 3.63) is 87.0 Å². The number of hydrogen-bond donors (Lipinski definition) is 1. The average Bonchev–Trinajstić information content (AvgIpc) is 3.10. The number of rotatable bonds is 4. The zero-order valence-corrected chi connectivity index (χ0v) is 18.3. The van der Waals surface area contributed by atoms with Gasteiger partial charge in [0.2, 0.25) is 11.7 Å². The first-order chi connectivity index (χ1) is 15.9. The number of aryl methyl sites for hydroxylation is 2. The zero-order valence-electron chi connectivity index (χ0n) is 18.3. The predicted octanol–water partition coefficient (Wildman–Crippen LogP) is 4.05. The van der Waals surface area contributed by atoms with E-state index >= 15 is 0 Å². The van der Waals surface area contributed by atoms with E-state index in [4.69, 9.17) is 9.15 Å². The lowest BCUT2D eigenvalue weighted by Crippen LogP contribution is -2.31. The number of amides is 1. The minimum atomic E-state index is -0.850. The highest BCUT2D eigenvalue weighted by molar-refractivity contribution is 6.09. The molecule has 1 N–H and O–H groups in total. The Kier molecular flexibility index (Phi) is 4.85. The van der Waals surface area contributed by atoms with Gasteiger partial charge in [-0.3, -0.25) is 14.5 Å². The van der Waals surface area contributed by atoms with E-state index in [0.29, 0.717) is 23.1 Å². The summed E-state index contributed by atoms with van der Waals surface area (Å²) in [6.45, 7) is 5.98. The van der Waals surface area contributed by atoms with Crippen molar-refractivity contribution in [2.24, 2.45) is 0 Å². The second-order valence-corrected chi connectivity index (χ2v) is 7.89. The number of phenolic OH excluding ortho intramolecular Hbond substituents is 1. The van der Waals surface area contributed by atoms with Crippen LogP contribution in [-0.4, -0.2) is 27.6 Å². The van der Waals surface area contributed by atoms with E-state index in [9.17, 15) is 14.7 Å². The highest BCUT2D eigenvalue weighted by atomic mass is 16.5. The molecular weight excluding hydrogens is 422 g/mol. The number of ether oxygens (including phenoxy) is 1. The van der Waals surface area contributed by atoms with Crippen molar-refractivity contribution in [2.45, 2.75) is 26.8 Å². The maximum atomic E-state index is 13.7. The Morgan fingerprint density at radius 2 is 1.82 bits per heavy atom. The van der Waals surface area contributed by atoms with Gasteiger partial charge in [-0.05, 0) is 67.8 Å². The molecule has 0 radical (unpaired) electrons. The van der Waals surface area contributed by atoms with Crippen molar-refractivity contribution in [1.82, 2.24) is 9.97 Å². The monoisotopic (exact) mass is 443 g/mol.